The number of fused-ring (bicyclic) bond motifs is 1. The zero-order chi connectivity index (χ0) is 21.5. The molecule has 2 aliphatic heterocycles. The molecule has 1 saturated heterocycles. The molecule has 4 rings (SSSR count). The quantitative estimate of drug-likeness (QED) is 0.764. The number of carbonyl (C=O) groups excluding carboxylic acids is 4. The highest BCUT2D eigenvalue weighted by Crippen LogP contribution is 2.33. The standard InChI is InChI=1S/C22H22N4O4/c1-14-12-18(27)23-16-10-6-7-11-17(16)26(14)19(28)13-25-20(29)22(2,24-21(25)30)15-8-4-3-5-9-15/h3-11,14H,12-13H2,1-2H3,(H,23,27)(H,24,30)/t14-,22-/m0/s1. The molecule has 2 aliphatic rings. The van der Waals surface area contributed by atoms with Gasteiger partial charge in [0.25, 0.3) is 5.91 Å². The van der Waals surface area contributed by atoms with Crippen molar-refractivity contribution in [2.45, 2.75) is 31.8 Å². The number of para-hydroxylation sites is 2. The molecule has 0 radical (unpaired) electrons. The second-order valence-electron chi connectivity index (χ2n) is 7.69. The third kappa shape index (κ3) is 3.20. The number of benzene rings is 2. The number of carbonyl (C=O) groups is 4. The van der Waals surface area contributed by atoms with E-state index in [1.165, 1.54) is 4.90 Å². The molecule has 1 fully saturated rings. The summed E-state index contributed by atoms with van der Waals surface area (Å²) >= 11 is 0. The van der Waals surface area contributed by atoms with Crippen LogP contribution in [-0.4, -0.2) is 41.2 Å². The first-order valence-electron chi connectivity index (χ1n) is 9.72. The molecular weight excluding hydrogens is 384 g/mol. The lowest BCUT2D eigenvalue weighted by molar-refractivity contribution is -0.134. The van der Waals surface area contributed by atoms with Crippen LogP contribution in [-0.2, 0) is 19.9 Å². The molecule has 5 amide bonds. The number of nitrogens with one attached hydrogen (secondary N) is 2. The first-order valence-corrected chi connectivity index (χ1v) is 9.72. The number of urea groups is 1. The van der Waals surface area contributed by atoms with Gasteiger partial charge < -0.3 is 15.5 Å². The Labute approximate surface area is 173 Å². The molecule has 2 atom stereocenters. The zero-order valence-electron chi connectivity index (χ0n) is 16.7. The van der Waals surface area contributed by atoms with Gasteiger partial charge in [-0.15, -0.1) is 0 Å². The van der Waals surface area contributed by atoms with Crippen LogP contribution in [0.1, 0.15) is 25.8 Å². The third-order valence-corrected chi connectivity index (χ3v) is 5.55. The molecule has 0 bridgehead atoms. The van der Waals surface area contributed by atoms with Crippen LogP contribution in [0.4, 0.5) is 16.2 Å². The molecule has 2 N–H and O–H groups in total. The Morgan fingerprint density at radius 3 is 2.47 bits per heavy atom. The summed E-state index contributed by atoms with van der Waals surface area (Å²) in [5, 5.41) is 5.50. The minimum absolute atomic E-state index is 0.113. The lowest BCUT2D eigenvalue weighted by atomic mass is 9.92. The molecule has 0 aliphatic carbocycles. The summed E-state index contributed by atoms with van der Waals surface area (Å²) in [5.74, 6) is -1.12. The van der Waals surface area contributed by atoms with Crippen LogP contribution in [0.5, 0.6) is 0 Å². The van der Waals surface area contributed by atoms with Crippen LogP contribution in [0, 0.1) is 0 Å². The normalized spacial score (nSPS) is 23.5. The van der Waals surface area contributed by atoms with Gasteiger partial charge in [-0.1, -0.05) is 42.5 Å². The van der Waals surface area contributed by atoms with Crippen molar-refractivity contribution in [3.8, 4) is 0 Å². The lowest BCUT2D eigenvalue weighted by Gasteiger charge is -2.29. The van der Waals surface area contributed by atoms with Crippen molar-refractivity contribution in [1.29, 1.82) is 0 Å². The summed E-state index contributed by atoms with van der Waals surface area (Å²) in [5.41, 5.74) is 0.463. The van der Waals surface area contributed by atoms with Crippen LogP contribution >= 0.6 is 0 Å². The Morgan fingerprint density at radius 2 is 1.73 bits per heavy atom. The van der Waals surface area contributed by atoms with E-state index in [-0.39, 0.29) is 12.3 Å². The zero-order valence-corrected chi connectivity index (χ0v) is 16.7. The fourth-order valence-corrected chi connectivity index (χ4v) is 3.99. The van der Waals surface area contributed by atoms with Crippen molar-refractivity contribution in [1.82, 2.24) is 10.2 Å². The first kappa shape index (κ1) is 19.6. The minimum atomic E-state index is -1.24. The average Bonchev–Trinajstić information content (AvgIpc) is 2.85. The van der Waals surface area contributed by atoms with Crippen molar-refractivity contribution in [2.75, 3.05) is 16.8 Å². The number of anilines is 2. The molecule has 2 aromatic rings. The second kappa shape index (κ2) is 7.29. The molecule has 0 aromatic heterocycles. The highest BCUT2D eigenvalue weighted by Gasteiger charge is 2.50. The molecule has 30 heavy (non-hydrogen) atoms. The maximum atomic E-state index is 13.2. The monoisotopic (exact) mass is 406 g/mol. The molecule has 0 unspecified atom stereocenters. The SMILES string of the molecule is C[C@H]1CC(=O)Nc2ccccc2N1C(=O)CN1C(=O)N[C@@](C)(c2ccccc2)C1=O. The van der Waals surface area contributed by atoms with Gasteiger partial charge in [-0.25, -0.2) is 4.79 Å². The van der Waals surface area contributed by atoms with Gasteiger partial charge in [0.2, 0.25) is 11.8 Å². The van der Waals surface area contributed by atoms with Gasteiger partial charge in [-0.3, -0.25) is 19.3 Å². The van der Waals surface area contributed by atoms with E-state index in [4.69, 9.17) is 0 Å². The van der Waals surface area contributed by atoms with E-state index >= 15 is 0 Å². The molecule has 8 heteroatoms. The minimum Gasteiger partial charge on any atom is -0.324 e. The van der Waals surface area contributed by atoms with Crippen LogP contribution in [0.15, 0.2) is 54.6 Å². The van der Waals surface area contributed by atoms with Crippen molar-refractivity contribution in [3.63, 3.8) is 0 Å². The topological polar surface area (TPSA) is 98.8 Å². The van der Waals surface area contributed by atoms with Gasteiger partial charge in [-0.2, -0.15) is 0 Å². The molecule has 2 heterocycles. The molecule has 0 spiro atoms. The van der Waals surface area contributed by atoms with E-state index in [2.05, 4.69) is 10.6 Å². The number of hydrogen-bond acceptors (Lipinski definition) is 4. The Balaban J connectivity index is 1.62. The summed E-state index contributed by atoms with van der Waals surface area (Å²) < 4.78 is 0. The maximum absolute atomic E-state index is 13.2. The van der Waals surface area contributed by atoms with Gasteiger partial charge in [0.1, 0.15) is 12.1 Å². The molecule has 154 valence electrons. The fraction of sp³-hybridized carbons (Fsp3) is 0.273. The summed E-state index contributed by atoms with van der Waals surface area (Å²) in [6, 6.07) is 14.8. The van der Waals surface area contributed by atoms with Crippen molar-refractivity contribution < 1.29 is 19.2 Å². The van der Waals surface area contributed by atoms with E-state index in [9.17, 15) is 19.2 Å². The highest BCUT2D eigenvalue weighted by molar-refractivity contribution is 6.12. The molecule has 0 saturated carbocycles. The Hall–Kier alpha value is -3.68. The van der Waals surface area contributed by atoms with Gasteiger partial charge >= 0.3 is 6.03 Å². The van der Waals surface area contributed by atoms with Crippen LogP contribution < -0.4 is 15.5 Å². The highest BCUT2D eigenvalue weighted by atomic mass is 16.2. The lowest BCUT2D eigenvalue weighted by Crippen LogP contribution is -2.47. The number of hydrogen-bond donors (Lipinski definition) is 2. The van der Waals surface area contributed by atoms with Crippen molar-refractivity contribution in [3.05, 3.63) is 60.2 Å². The average molecular weight is 406 g/mol. The van der Waals surface area contributed by atoms with Gasteiger partial charge in [-0.05, 0) is 31.5 Å². The molecule has 2 aromatic carbocycles. The second-order valence-corrected chi connectivity index (χ2v) is 7.69. The van der Waals surface area contributed by atoms with E-state index < -0.39 is 36.0 Å². The van der Waals surface area contributed by atoms with Gasteiger partial charge in [0.05, 0.1) is 11.4 Å². The van der Waals surface area contributed by atoms with E-state index in [1.54, 1.807) is 62.4 Å². The molecular formula is C22H22N4O4. The maximum Gasteiger partial charge on any atom is 0.325 e. The first-order chi connectivity index (χ1) is 14.3. The molecule has 8 nitrogen and oxygen atoms in total. The number of amides is 5. The van der Waals surface area contributed by atoms with E-state index in [0.29, 0.717) is 16.9 Å². The van der Waals surface area contributed by atoms with Crippen LogP contribution in [0.2, 0.25) is 0 Å². The fourth-order valence-electron chi connectivity index (χ4n) is 3.99. The van der Waals surface area contributed by atoms with Crippen LogP contribution in [0.25, 0.3) is 0 Å². The van der Waals surface area contributed by atoms with Gasteiger partial charge in [0, 0.05) is 12.5 Å². The predicted octanol–water partition coefficient (Wildman–Crippen LogP) is 2.22. The predicted molar refractivity (Wildman–Crippen MR) is 111 cm³/mol. The van der Waals surface area contributed by atoms with Gasteiger partial charge in [0.15, 0.2) is 0 Å². The Morgan fingerprint density at radius 1 is 1.07 bits per heavy atom. The van der Waals surface area contributed by atoms with Crippen LogP contribution in [0.3, 0.4) is 0 Å². The smallest absolute Gasteiger partial charge is 0.324 e. The summed E-state index contributed by atoms with van der Waals surface area (Å²) in [6.07, 6.45) is 0.113. The Bertz CT molecular complexity index is 1040. The summed E-state index contributed by atoms with van der Waals surface area (Å²) in [6.45, 7) is 2.97. The summed E-state index contributed by atoms with van der Waals surface area (Å²) in [7, 11) is 0. The van der Waals surface area contributed by atoms with E-state index in [1.807, 2.05) is 6.07 Å². The number of rotatable bonds is 3. The van der Waals surface area contributed by atoms with Crippen molar-refractivity contribution in [2.24, 2.45) is 0 Å². The number of nitrogens with zero attached hydrogens (tertiary/aromatic N) is 2. The number of imide groups is 1. The van der Waals surface area contributed by atoms with Crippen molar-refractivity contribution >= 4 is 35.1 Å². The van der Waals surface area contributed by atoms with E-state index in [0.717, 1.165) is 4.90 Å². The Kier molecular flexibility index (Phi) is 4.77. The third-order valence-electron chi connectivity index (χ3n) is 5.55. The summed E-state index contributed by atoms with van der Waals surface area (Å²) in [4.78, 5) is 53.5. The largest absolute Gasteiger partial charge is 0.325 e.